The van der Waals surface area contributed by atoms with Gasteiger partial charge in [-0.2, -0.15) is 4.31 Å². The van der Waals surface area contributed by atoms with Crippen LogP contribution in [0.25, 0.3) is 10.2 Å². The number of aryl methyl sites for hydroxylation is 1. The standard InChI is InChI=1S/C23H26N4O4S2/c1-16-7-8-18-19(13-16)32-22-21(18)23(29)26(15-24-22)14-20(28)25-9-11-27(12-10-25)33(30,31)17-5-3-2-4-6-17/h2-6,15-16H,7-14H2,1H3. The highest BCUT2D eigenvalue weighted by Gasteiger charge is 2.30. The van der Waals surface area contributed by atoms with Crippen LogP contribution in [0.1, 0.15) is 23.8 Å². The number of amides is 1. The largest absolute Gasteiger partial charge is 0.338 e. The summed E-state index contributed by atoms with van der Waals surface area (Å²) >= 11 is 1.59. The Morgan fingerprint density at radius 2 is 1.88 bits per heavy atom. The lowest BCUT2D eigenvalue weighted by atomic mass is 9.89. The monoisotopic (exact) mass is 486 g/mol. The van der Waals surface area contributed by atoms with Gasteiger partial charge in [0.15, 0.2) is 0 Å². The Labute approximate surface area is 196 Å². The van der Waals surface area contributed by atoms with Crippen LogP contribution in [0, 0.1) is 5.92 Å². The van der Waals surface area contributed by atoms with E-state index in [1.165, 1.54) is 20.1 Å². The number of benzene rings is 1. The molecule has 174 valence electrons. The molecule has 0 spiro atoms. The quantitative estimate of drug-likeness (QED) is 0.563. The summed E-state index contributed by atoms with van der Waals surface area (Å²) in [5.41, 5.74) is 0.942. The zero-order valence-electron chi connectivity index (χ0n) is 18.4. The summed E-state index contributed by atoms with van der Waals surface area (Å²) in [6.07, 6.45) is 4.38. The van der Waals surface area contributed by atoms with Crippen molar-refractivity contribution in [1.82, 2.24) is 18.8 Å². The molecule has 1 fully saturated rings. The molecule has 2 aliphatic rings. The van der Waals surface area contributed by atoms with Crippen molar-refractivity contribution < 1.29 is 13.2 Å². The van der Waals surface area contributed by atoms with Crippen molar-refractivity contribution in [2.75, 3.05) is 26.2 Å². The molecule has 3 aromatic rings. The first-order chi connectivity index (χ1) is 15.8. The van der Waals surface area contributed by atoms with Crippen LogP contribution < -0.4 is 5.56 Å². The summed E-state index contributed by atoms with van der Waals surface area (Å²) in [6.45, 7) is 3.18. The zero-order chi connectivity index (χ0) is 23.2. The van der Waals surface area contributed by atoms with E-state index >= 15 is 0 Å². The fourth-order valence-corrected chi connectivity index (χ4v) is 7.43. The van der Waals surface area contributed by atoms with Crippen molar-refractivity contribution in [3.05, 3.63) is 57.5 Å². The molecule has 33 heavy (non-hydrogen) atoms. The number of hydrogen-bond acceptors (Lipinski definition) is 6. The first-order valence-electron chi connectivity index (χ1n) is 11.2. The van der Waals surface area contributed by atoms with Gasteiger partial charge in [-0.15, -0.1) is 11.3 Å². The molecule has 0 saturated carbocycles. The highest BCUT2D eigenvalue weighted by Crippen LogP contribution is 2.35. The Hall–Kier alpha value is -2.56. The van der Waals surface area contributed by atoms with E-state index in [2.05, 4.69) is 11.9 Å². The van der Waals surface area contributed by atoms with Crippen LogP contribution in [-0.2, 0) is 34.2 Å². The number of nitrogens with zero attached hydrogens (tertiary/aromatic N) is 4. The smallest absolute Gasteiger partial charge is 0.262 e. The molecule has 1 aliphatic heterocycles. The van der Waals surface area contributed by atoms with Crippen LogP contribution in [0.4, 0.5) is 0 Å². The van der Waals surface area contributed by atoms with Crippen molar-refractivity contribution in [2.24, 2.45) is 5.92 Å². The van der Waals surface area contributed by atoms with E-state index in [1.807, 2.05) is 0 Å². The van der Waals surface area contributed by atoms with Crippen molar-refractivity contribution in [3.63, 3.8) is 0 Å². The minimum atomic E-state index is -3.58. The number of thiophene rings is 1. The van der Waals surface area contributed by atoms with Crippen molar-refractivity contribution in [3.8, 4) is 0 Å². The number of carbonyl (C=O) groups excluding carboxylic acids is 1. The van der Waals surface area contributed by atoms with Gasteiger partial charge in [-0.1, -0.05) is 25.1 Å². The Morgan fingerprint density at radius 3 is 2.61 bits per heavy atom. The van der Waals surface area contributed by atoms with E-state index in [0.717, 1.165) is 29.7 Å². The number of piperazine rings is 1. The van der Waals surface area contributed by atoms with Gasteiger partial charge in [0.25, 0.3) is 5.56 Å². The van der Waals surface area contributed by atoms with Gasteiger partial charge in [-0.25, -0.2) is 13.4 Å². The minimum Gasteiger partial charge on any atom is -0.338 e. The molecule has 0 bridgehead atoms. The van der Waals surface area contributed by atoms with Gasteiger partial charge in [0, 0.05) is 31.1 Å². The predicted octanol–water partition coefficient (Wildman–Crippen LogP) is 2.12. The highest BCUT2D eigenvalue weighted by atomic mass is 32.2. The topological polar surface area (TPSA) is 92.6 Å². The first-order valence-corrected chi connectivity index (χ1v) is 13.4. The number of sulfonamides is 1. The summed E-state index contributed by atoms with van der Waals surface area (Å²) in [4.78, 5) is 34.4. The summed E-state index contributed by atoms with van der Waals surface area (Å²) in [6, 6.07) is 8.32. The van der Waals surface area contributed by atoms with Crippen molar-refractivity contribution in [1.29, 1.82) is 0 Å². The molecule has 0 N–H and O–H groups in total. The third kappa shape index (κ3) is 4.11. The molecule has 1 saturated heterocycles. The summed E-state index contributed by atoms with van der Waals surface area (Å²) in [5.74, 6) is 0.409. The predicted molar refractivity (Wildman–Crippen MR) is 127 cm³/mol. The van der Waals surface area contributed by atoms with Crippen LogP contribution in [0.2, 0.25) is 0 Å². The second kappa shape index (κ2) is 8.66. The zero-order valence-corrected chi connectivity index (χ0v) is 20.1. The first kappa shape index (κ1) is 22.2. The molecular weight excluding hydrogens is 460 g/mol. The lowest BCUT2D eigenvalue weighted by Gasteiger charge is -2.34. The number of aromatic nitrogens is 2. The maximum Gasteiger partial charge on any atom is 0.262 e. The van der Waals surface area contributed by atoms with Gasteiger partial charge in [0.05, 0.1) is 16.6 Å². The lowest BCUT2D eigenvalue weighted by Crippen LogP contribution is -2.51. The average Bonchev–Trinajstić information content (AvgIpc) is 3.19. The third-order valence-electron chi connectivity index (χ3n) is 6.56. The van der Waals surface area contributed by atoms with E-state index in [-0.39, 0.29) is 36.0 Å². The van der Waals surface area contributed by atoms with Crippen LogP contribution in [0.5, 0.6) is 0 Å². The van der Waals surface area contributed by atoms with E-state index in [9.17, 15) is 18.0 Å². The van der Waals surface area contributed by atoms with Gasteiger partial charge < -0.3 is 4.90 Å². The van der Waals surface area contributed by atoms with Crippen LogP contribution in [-0.4, -0.2) is 59.3 Å². The molecule has 1 amide bonds. The molecular formula is C23H26N4O4S2. The fraction of sp³-hybridized carbons (Fsp3) is 0.435. The highest BCUT2D eigenvalue weighted by molar-refractivity contribution is 7.89. The Bertz CT molecular complexity index is 1360. The maximum absolute atomic E-state index is 13.2. The molecule has 1 aliphatic carbocycles. The molecule has 1 atom stereocenters. The molecule has 0 radical (unpaired) electrons. The average molecular weight is 487 g/mol. The summed E-state index contributed by atoms with van der Waals surface area (Å²) in [7, 11) is -3.58. The molecule has 3 heterocycles. The number of hydrogen-bond donors (Lipinski definition) is 0. The second-order valence-corrected chi connectivity index (χ2v) is 11.8. The van der Waals surface area contributed by atoms with Gasteiger partial charge in [-0.05, 0) is 42.9 Å². The van der Waals surface area contributed by atoms with Gasteiger partial charge >= 0.3 is 0 Å². The Balaban J connectivity index is 1.29. The number of fused-ring (bicyclic) bond motifs is 3. The molecule has 2 aromatic heterocycles. The molecule has 1 unspecified atom stereocenters. The molecule has 1 aromatic carbocycles. The SMILES string of the molecule is CC1CCc2c(sc3ncn(CC(=O)N4CCN(S(=O)(=O)c5ccccc5)CC4)c(=O)c23)C1. The maximum atomic E-state index is 13.2. The van der Waals surface area contributed by atoms with Gasteiger partial charge in [-0.3, -0.25) is 14.2 Å². The Morgan fingerprint density at radius 1 is 1.15 bits per heavy atom. The molecule has 10 heteroatoms. The van der Waals surface area contributed by atoms with Gasteiger partial charge in [0.1, 0.15) is 11.4 Å². The fourth-order valence-electron chi connectivity index (χ4n) is 4.64. The van der Waals surface area contributed by atoms with Crippen LogP contribution in [0.15, 0.2) is 46.3 Å². The van der Waals surface area contributed by atoms with E-state index in [1.54, 1.807) is 46.6 Å². The number of carbonyl (C=O) groups is 1. The lowest BCUT2D eigenvalue weighted by molar-refractivity contribution is -0.133. The van der Waals surface area contributed by atoms with Crippen molar-refractivity contribution >= 4 is 37.5 Å². The Kier molecular flexibility index (Phi) is 5.84. The third-order valence-corrected chi connectivity index (χ3v) is 9.64. The van der Waals surface area contributed by atoms with Gasteiger partial charge in [0.2, 0.25) is 15.9 Å². The second-order valence-electron chi connectivity index (χ2n) is 8.81. The molecule has 8 nitrogen and oxygen atoms in total. The summed E-state index contributed by atoms with van der Waals surface area (Å²) < 4.78 is 28.4. The molecule has 5 rings (SSSR count). The van der Waals surface area contributed by atoms with E-state index in [0.29, 0.717) is 24.4 Å². The normalized spacial score (nSPS) is 19.5. The number of rotatable bonds is 4. The minimum absolute atomic E-state index is 0.0891. The van der Waals surface area contributed by atoms with Crippen LogP contribution in [0.3, 0.4) is 0 Å². The summed E-state index contributed by atoms with van der Waals surface area (Å²) in [5, 5.41) is 0.663. The van der Waals surface area contributed by atoms with Crippen molar-refractivity contribution in [2.45, 2.75) is 37.6 Å². The van der Waals surface area contributed by atoms with E-state index < -0.39 is 10.0 Å². The van der Waals surface area contributed by atoms with Crippen LogP contribution >= 0.6 is 11.3 Å². The van der Waals surface area contributed by atoms with E-state index in [4.69, 9.17) is 0 Å².